The lowest BCUT2D eigenvalue weighted by Crippen LogP contribution is -2.21. The molecule has 20 heavy (non-hydrogen) atoms. The highest BCUT2D eigenvalue weighted by Crippen LogP contribution is 2.15. The number of pyridine rings is 1. The maximum Gasteiger partial charge on any atom is 0.261 e. The Bertz CT molecular complexity index is 672. The van der Waals surface area contributed by atoms with E-state index >= 15 is 0 Å². The van der Waals surface area contributed by atoms with Gasteiger partial charge in [-0.2, -0.15) is 0 Å². The van der Waals surface area contributed by atoms with Crippen molar-refractivity contribution in [1.82, 2.24) is 4.98 Å². The van der Waals surface area contributed by atoms with Gasteiger partial charge < -0.3 is 15.4 Å². The average Bonchev–Trinajstić information content (AvgIpc) is 2.39. The molecule has 3 N–H and O–H groups in total. The number of aryl methyl sites for hydroxylation is 1. The molecule has 1 unspecified atom stereocenters. The van der Waals surface area contributed by atoms with Crippen LogP contribution in [-0.2, 0) is 0 Å². The number of nitrogens with one attached hydrogen (secondary N) is 2. The second-order valence-electron chi connectivity index (χ2n) is 4.65. The number of hydrogen-bond acceptors (Lipinski definition) is 3. The van der Waals surface area contributed by atoms with E-state index in [4.69, 9.17) is 0 Å². The van der Waals surface area contributed by atoms with Crippen molar-refractivity contribution in [2.24, 2.45) is 0 Å². The van der Waals surface area contributed by atoms with Crippen molar-refractivity contribution in [2.75, 3.05) is 5.32 Å². The maximum absolute atomic E-state index is 12.0. The summed E-state index contributed by atoms with van der Waals surface area (Å²) >= 11 is 0. The van der Waals surface area contributed by atoms with E-state index < -0.39 is 12.0 Å². The smallest absolute Gasteiger partial charge is 0.261 e. The number of rotatable bonds is 3. The first kappa shape index (κ1) is 14.0. The monoisotopic (exact) mass is 272 g/mol. The Kier molecular flexibility index (Phi) is 4.00. The first-order chi connectivity index (χ1) is 9.47. The minimum absolute atomic E-state index is 0.0650. The number of carbonyl (C=O) groups is 1. The molecule has 0 bridgehead atoms. The van der Waals surface area contributed by atoms with Crippen LogP contribution in [0.4, 0.5) is 5.69 Å². The molecule has 0 saturated heterocycles. The predicted molar refractivity (Wildman–Crippen MR) is 76.8 cm³/mol. The average molecular weight is 272 g/mol. The van der Waals surface area contributed by atoms with Crippen LogP contribution in [0.1, 0.15) is 34.6 Å². The highest BCUT2D eigenvalue weighted by atomic mass is 16.3. The van der Waals surface area contributed by atoms with Crippen molar-refractivity contribution in [3.05, 3.63) is 63.6 Å². The van der Waals surface area contributed by atoms with Gasteiger partial charge in [0.1, 0.15) is 5.56 Å². The highest BCUT2D eigenvalue weighted by Gasteiger charge is 2.10. The van der Waals surface area contributed by atoms with Crippen molar-refractivity contribution in [1.29, 1.82) is 0 Å². The summed E-state index contributed by atoms with van der Waals surface area (Å²) < 4.78 is 0. The van der Waals surface area contributed by atoms with Gasteiger partial charge in [-0.15, -0.1) is 0 Å². The van der Waals surface area contributed by atoms with Crippen LogP contribution in [0.5, 0.6) is 0 Å². The molecule has 0 spiro atoms. The molecule has 1 amide bonds. The molecular weight excluding hydrogens is 256 g/mol. The quantitative estimate of drug-likeness (QED) is 0.799. The Morgan fingerprint density at radius 1 is 1.30 bits per heavy atom. The summed E-state index contributed by atoms with van der Waals surface area (Å²) in [6.07, 6.45) is 0.844. The normalized spacial score (nSPS) is 11.9. The minimum atomic E-state index is -0.556. The number of aliphatic hydroxyl groups excluding tert-OH is 1. The van der Waals surface area contributed by atoms with E-state index in [1.54, 1.807) is 38.1 Å². The van der Waals surface area contributed by atoms with Crippen LogP contribution in [0.2, 0.25) is 0 Å². The third kappa shape index (κ3) is 3.13. The first-order valence-corrected chi connectivity index (χ1v) is 6.26. The highest BCUT2D eigenvalue weighted by molar-refractivity contribution is 6.03. The Morgan fingerprint density at radius 3 is 2.50 bits per heavy atom. The van der Waals surface area contributed by atoms with Gasteiger partial charge in [0, 0.05) is 23.6 Å². The standard InChI is InChI=1S/C15H16N2O3/c1-9-7-14(19)13(8-16-9)15(20)17-12-5-3-11(4-6-12)10(2)18/h3-8,10,18H,1-2H3,(H,16,19)(H,17,20). The van der Waals surface area contributed by atoms with E-state index in [-0.39, 0.29) is 11.0 Å². The molecule has 0 saturated carbocycles. The minimum Gasteiger partial charge on any atom is -0.389 e. The van der Waals surface area contributed by atoms with Gasteiger partial charge in [0.25, 0.3) is 5.91 Å². The molecule has 1 heterocycles. The van der Waals surface area contributed by atoms with Crippen LogP contribution in [0.15, 0.2) is 41.3 Å². The number of aromatic nitrogens is 1. The molecule has 5 heteroatoms. The number of amides is 1. The molecule has 5 nitrogen and oxygen atoms in total. The van der Waals surface area contributed by atoms with Gasteiger partial charge in [-0.05, 0) is 31.5 Å². The fraction of sp³-hybridized carbons (Fsp3) is 0.200. The molecule has 0 radical (unpaired) electrons. The Balaban J connectivity index is 2.17. The van der Waals surface area contributed by atoms with E-state index in [9.17, 15) is 14.7 Å². The summed E-state index contributed by atoms with van der Waals surface area (Å²) in [5.74, 6) is -0.462. The van der Waals surface area contributed by atoms with Crippen LogP contribution in [-0.4, -0.2) is 16.0 Å². The molecule has 2 rings (SSSR count). The predicted octanol–water partition coefficient (Wildman–Crippen LogP) is 1.99. The summed E-state index contributed by atoms with van der Waals surface area (Å²) in [6.45, 7) is 3.41. The zero-order valence-corrected chi connectivity index (χ0v) is 11.3. The first-order valence-electron chi connectivity index (χ1n) is 6.26. The van der Waals surface area contributed by atoms with Crippen LogP contribution in [0.3, 0.4) is 0 Å². The van der Waals surface area contributed by atoms with Gasteiger partial charge in [-0.1, -0.05) is 12.1 Å². The molecule has 0 aliphatic rings. The molecular formula is C15H16N2O3. The second-order valence-corrected chi connectivity index (χ2v) is 4.65. The number of H-pyrrole nitrogens is 1. The van der Waals surface area contributed by atoms with Crippen LogP contribution in [0.25, 0.3) is 0 Å². The number of anilines is 1. The fourth-order valence-corrected chi connectivity index (χ4v) is 1.79. The lowest BCUT2D eigenvalue weighted by molar-refractivity contribution is 0.102. The third-order valence-corrected chi connectivity index (χ3v) is 2.95. The number of benzene rings is 1. The van der Waals surface area contributed by atoms with Crippen molar-refractivity contribution >= 4 is 11.6 Å². The zero-order valence-electron chi connectivity index (χ0n) is 11.3. The van der Waals surface area contributed by atoms with E-state index in [1.165, 1.54) is 12.3 Å². The molecule has 2 aromatic rings. The summed E-state index contributed by atoms with van der Waals surface area (Å²) in [7, 11) is 0. The van der Waals surface area contributed by atoms with Crippen LogP contribution < -0.4 is 10.7 Å². The Hall–Kier alpha value is -2.40. The van der Waals surface area contributed by atoms with E-state index in [0.29, 0.717) is 11.4 Å². The van der Waals surface area contributed by atoms with Gasteiger partial charge in [-0.3, -0.25) is 9.59 Å². The van der Waals surface area contributed by atoms with Crippen LogP contribution in [0, 0.1) is 6.92 Å². The van der Waals surface area contributed by atoms with Crippen molar-refractivity contribution < 1.29 is 9.90 Å². The van der Waals surface area contributed by atoms with Crippen LogP contribution >= 0.6 is 0 Å². The Labute approximate surface area is 116 Å². The Morgan fingerprint density at radius 2 is 1.95 bits per heavy atom. The second kappa shape index (κ2) is 5.71. The lowest BCUT2D eigenvalue weighted by Gasteiger charge is -2.08. The third-order valence-electron chi connectivity index (χ3n) is 2.95. The van der Waals surface area contributed by atoms with E-state index in [1.807, 2.05) is 0 Å². The zero-order chi connectivity index (χ0) is 14.7. The number of carbonyl (C=O) groups excluding carboxylic acids is 1. The number of hydrogen-bond donors (Lipinski definition) is 3. The number of aliphatic hydroxyl groups is 1. The van der Waals surface area contributed by atoms with Crippen molar-refractivity contribution in [2.45, 2.75) is 20.0 Å². The van der Waals surface area contributed by atoms with Crippen molar-refractivity contribution in [3.8, 4) is 0 Å². The largest absolute Gasteiger partial charge is 0.389 e. The summed E-state index contributed by atoms with van der Waals surface area (Å²) in [5.41, 5.74) is 1.78. The molecule has 0 fully saturated rings. The topological polar surface area (TPSA) is 82.2 Å². The van der Waals surface area contributed by atoms with Gasteiger partial charge in [0.15, 0.2) is 5.43 Å². The SMILES string of the molecule is Cc1cc(=O)c(C(=O)Nc2ccc(C(C)O)cc2)c[nH]1. The molecule has 1 aromatic heterocycles. The van der Waals surface area contributed by atoms with Gasteiger partial charge in [-0.25, -0.2) is 0 Å². The molecule has 0 aliphatic heterocycles. The van der Waals surface area contributed by atoms with E-state index in [2.05, 4.69) is 10.3 Å². The summed E-state index contributed by atoms with van der Waals surface area (Å²) in [5, 5.41) is 12.0. The molecule has 0 aliphatic carbocycles. The van der Waals surface area contributed by atoms with Gasteiger partial charge >= 0.3 is 0 Å². The number of aromatic amines is 1. The molecule has 1 atom stereocenters. The lowest BCUT2D eigenvalue weighted by atomic mass is 10.1. The van der Waals surface area contributed by atoms with Crippen molar-refractivity contribution in [3.63, 3.8) is 0 Å². The van der Waals surface area contributed by atoms with E-state index in [0.717, 1.165) is 5.56 Å². The van der Waals surface area contributed by atoms with Gasteiger partial charge in [0.05, 0.1) is 6.10 Å². The molecule has 1 aromatic carbocycles. The summed E-state index contributed by atoms with van der Waals surface area (Å²) in [4.78, 5) is 26.5. The van der Waals surface area contributed by atoms with Gasteiger partial charge in [0.2, 0.25) is 0 Å². The fourth-order valence-electron chi connectivity index (χ4n) is 1.79. The molecule has 104 valence electrons. The summed E-state index contributed by atoms with van der Waals surface area (Å²) in [6, 6.07) is 8.19. The maximum atomic E-state index is 12.0.